The number of hydrogen-bond acceptors (Lipinski definition) is 3. The zero-order valence-corrected chi connectivity index (χ0v) is 15.0. The summed E-state index contributed by atoms with van der Waals surface area (Å²) in [7, 11) is 1.82. The summed E-state index contributed by atoms with van der Waals surface area (Å²) in [5.74, 6) is -0.482. The van der Waals surface area contributed by atoms with Crippen LogP contribution in [0.2, 0.25) is 0 Å². The fraction of sp³-hybridized carbons (Fsp3) is 0.190. The zero-order chi connectivity index (χ0) is 18.7. The van der Waals surface area contributed by atoms with E-state index >= 15 is 0 Å². The number of nitrogens with zero attached hydrogens (tertiary/aromatic N) is 3. The molecule has 0 amide bonds. The van der Waals surface area contributed by atoms with Crippen molar-refractivity contribution in [2.24, 2.45) is 7.05 Å². The number of hydrogen-bond donors (Lipinski definition) is 0. The molecule has 0 unspecified atom stereocenters. The fourth-order valence-electron chi connectivity index (χ4n) is 2.92. The van der Waals surface area contributed by atoms with Gasteiger partial charge in [0.15, 0.2) is 6.29 Å². The van der Waals surface area contributed by atoms with Crippen LogP contribution in [-0.4, -0.2) is 21.1 Å². The molecular formula is C21H20FN3O. The number of aromatic nitrogens is 3. The predicted molar refractivity (Wildman–Crippen MR) is 101 cm³/mol. The second kappa shape index (κ2) is 7.44. The van der Waals surface area contributed by atoms with Crippen LogP contribution in [0.15, 0.2) is 42.6 Å². The standard InChI is InChI=1S/C21H20FN3O/c1-4-15(17-7-8-21(22)23-12-17)9-18-10-16(6-5-14(18)2)20-11-19(13-26)24-25(20)3/h5-13H,4H2,1-3H3/b15-9+. The Balaban J connectivity index is 2.05. The van der Waals surface area contributed by atoms with Crippen LogP contribution in [0.25, 0.3) is 22.9 Å². The molecule has 4 nitrogen and oxygen atoms in total. The van der Waals surface area contributed by atoms with E-state index < -0.39 is 5.95 Å². The monoisotopic (exact) mass is 349 g/mol. The van der Waals surface area contributed by atoms with E-state index in [-0.39, 0.29) is 0 Å². The molecule has 0 atom stereocenters. The molecule has 0 aliphatic carbocycles. The maximum Gasteiger partial charge on any atom is 0.212 e. The Hall–Kier alpha value is -3.08. The SMILES string of the molecule is CC/C(=C\c1cc(-c2cc(C=O)nn2C)ccc1C)c1ccc(F)nc1. The Bertz CT molecular complexity index is 971. The highest BCUT2D eigenvalue weighted by Crippen LogP contribution is 2.27. The summed E-state index contributed by atoms with van der Waals surface area (Å²) in [5.41, 5.74) is 6.46. The van der Waals surface area contributed by atoms with Gasteiger partial charge in [-0.05, 0) is 59.9 Å². The molecule has 0 bridgehead atoms. The second-order valence-electron chi connectivity index (χ2n) is 6.16. The first-order valence-electron chi connectivity index (χ1n) is 8.44. The summed E-state index contributed by atoms with van der Waals surface area (Å²) in [6.45, 7) is 4.11. The molecule has 0 radical (unpaired) electrons. The summed E-state index contributed by atoms with van der Waals surface area (Å²) >= 11 is 0. The van der Waals surface area contributed by atoms with Crippen LogP contribution >= 0.6 is 0 Å². The van der Waals surface area contributed by atoms with Crippen molar-refractivity contribution in [3.63, 3.8) is 0 Å². The van der Waals surface area contributed by atoms with Gasteiger partial charge in [0.2, 0.25) is 5.95 Å². The Labute approximate surface area is 152 Å². The van der Waals surface area contributed by atoms with Gasteiger partial charge in [-0.3, -0.25) is 9.48 Å². The van der Waals surface area contributed by atoms with Crippen molar-refractivity contribution >= 4 is 17.9 Å². The van der Waals surface area contributed by atoms with E-state index in [1.165, 1.54) is 6.07 Å². The summed E-state index contributed by atoms with van der Waals surface area (Å²) in [5, 5.41) is 4.18. The van der Waals surface area contributed by atoms with Crippen LogP contribution in [0.1, 0.15) is 40.5 Å². The molecule has 2 heterocycles. The van der Waals surface area contributed by atoms with Crippen LogP contribution in [0.3, 0.4) is 0 Å². The Kier molecular flexibility index (Phi) is 5.07. The zero-order valence-electron chi connectivity index (χ0n) is 15.0. The van der Waals surface area contributed by atoms with Gasteiger partial charge in [0.1, 0.15) is 5.69 Å². The minimum Gasteiger partial charge on any atom is -0.296 e. The first-order valence-corrected chi connectivity index (χ1v) is 8.44. The minimum atomic E-state index is -0.482. The molecule has 1 aromatic carbocycles. The molecule has 0 saturated heterocycles. The summed E-state index contributed by atoms with van der Waals surface area (Å²) < 4.78 is 14.8. The number of carbonyl (C=O) groups excluding carboxylic acids is 1. The Morgan fingerprint density at radius 2 is 2.04 bits per heavy atom. The van der Waals surface area contributed by atoms with Crippen molar-refractivity contribution in [1.82, 2.24) is 14.8 Å². The molecule has 0 aliphatic rings. The molecule has 0 N–H and O–H groups in total. The summed E-state index contributed by atoms with van der Waals surface area (Å²) in [4.78, 5) is 14.7. The highest BCUT2D eigenvalue weighted by molar-refractivity contribution is 5.83. The molecule has 0 spiro atoms. The van der Waals surface area contributed by atoms with Gasteiger partial charge in [0.05, 0.1) is 5.69 Å². The van der Waals surface area contributed by atoms with E-state index in [0.717, 1.165) is 46.2 Å². The van der Waals surface area contributed by atoms with Crippen molar-refractivity contribution in [3.8, 4) is 11.3 Å². The van der Waals surface area contributed by atoms with Crippen LogP contribution in [0.4, 0.5) is 4.39 Å². The average molecular weight is 349 g/mol. The lowest BCUT2D eigenvalue weighted by Crippen LogP contribution is -1.95. The lowest BCUT2D eigenvalue weighted by molar-refractivity contribution is 0.111. The Morgan fingerprint density at radius 1 is 1.23 bits per heavy atom. The van der Waals surface area contributed by atoms with Gasteiger partial charge in [-0.25, -0.2) is 4.98 Å². The molecule has 132 valence electrons. The van der Waals surface area contributed by atoms with Crippen LogP contribution in [0, 0.1) is 12.9 Å². The van der Waals surface area contributed by atoms with Crippen LogP contribution < -0.4 is 0 Å². The van der Waals surface area contributed by atoms with E-state index in [4.69, 9.17) is 0 Å². The van der Waals surface area contributed by atoms with E-state index in [1.807, 2.05) is 26.1 Å². The molecule has 3 aromatic rings. The minimum absolute atomic E-state index is 0.409. The van der Waals surface area contributed by atoms with Gasteiger partial charge in [0, 0.05) is 18.8 Å². The third kappa shape index (κ3) is 3.61. The first-order chi connectivity index (χ1) is 12.5. The highest BCUT2D eigenvalue weighted by atomic mass is 19.1. The predicted octanol–water partition coefficient (Wildman–Crippen LogP) is 4.69. The molecule has 26 heavy (non-hydrogen) atoms. The van der Waals surface area contributed by atoms with E-state index in [0.29, 0.717) is 5.69 Å². The molecule has 5 heteroatoms. The largest absolute Gasteiger partial charge is 0.296 e. The number of halogens is 1. The number of pyridine rings is 1. The normalized spacial score (nSPS) is 11.6. The van der Waals surface area contributed by atoms with E-state index in [9.17, 15) is 9.18 Å². The lowest BCUT2D eigenvalue weighted by Gasteiger charge is -2.09. The molecule has 0 saturated carbocycles. The van der Waals surface area contributed by atoms with Gasteiger partial charge in [-0.2, -0.15) is 9.49 Å². The average Bonchev–Trinajstić information content (AvgIpc) is 3.03. The molecule has 0 aliphatic heterocycles. The summed E-state index contributed by atoms with van der Waals surface area (Å²) in [6, 6.07) is 11.0. The topological polar surface area (TPSA) is 47.8 Å². The number of aldehydes is 1. The number of aryl methyl sites for hydroxylation is 2. The first kappa shape index (κ1) is 17.7. The van der Waals surface area contributed by atoms with Crippen molar-refractivity contribution in [1.29, 1.82) is 0 Å². The van der Waals surface area contributed by atoms with Crippen molar-refractivity contribution in [3.05, 3.63) is 70.9 Å². The highest BCUT2D eigenvalue weighted by Gasteiger charge is 2.09. The van der Waals surface area contributed by atoms with Crippen molar-refractivity contribution in [2.45, 2.75) is 20.3 Å². The van der Waals surface area contributed by atoms with Gasteiger partial charge in [0.25, 0.3) is 0 Å². The molecular weight excluding hydrogens is 329 g/mol. The van der Waals surface area contributed by atoms with Crippen molar-refractivity contribution < 1.29 is 9.18 Å². The third-order valence-electron chi connectivity index (χ3n) is 4.40. The van der Waals surface area contributed by atoms with Gasteiger partial charge < -0.3 is 0 Å². The van der Waals surface area contributed by atoms with Gasteiger partial charge in [-0.15, -0.1) is 0 Å². The summed E-state index contributed by atoms with van der Waals surface area (Å²) in [6.07, 6.45) is 5.21. The van der Waals surface area contributed by atoms with E-state index in [1.54, 1.807) is 23.0 Å². The molecule has 3 rings (SSSR count). The Morgan fingerprint density at radius 3 is 2.65 bits per heavy atom. The van der Waals surface area contributed by atoms with Crippen LogP contribution in [0.5, 0.6) is 0 Å². The number of benzene rings is 1. The smallest absolute Gasteiger partial charge is 0.212 e. The van der Waals surface area contributed by atoms with Crippen LogP contribution in [-0.2, 0) is 7.05 Å². The quantitative estimate of drug-likeness (QED) is 0.496. The lowest BCUT2D eigenvalue weighted by atomic mass is 9.97. The fourth-order valence-corrected chi connectivity index (χ4v) is 2.92. The number of carbonyl (C=O) groups is 1. The maximum atomic E-state index is 13.1. The maximum absolute atomic E-state index is 13.1. The second-order valence-corrected chi connectivity index (χ2v) is 6.16. The van der Waals surface area contributed by atoms with Crippen molar-refractivity contribution in [2.75, 3.05) is 0 Å². The third-order valence-corrected chi connectivity index (χ3v) is 4.40. The molecule has 0 fully saturated rings. The number of allylic oxidation sites excluding steroid dienone is 1. The van der Waals surface area contributed by atoms with Gasteiger partial charge in [-0.1, -0.05) is 25.1 Å². The number of rotatable bonds is 5. The van der Waals surface area contributed by atoms with Gasteiger partial charge >= 0.3 is 0 Å². The molecule has 2 aromatic heterocycles. The van der Waals surface area contributed by atoms with E-state index in [2.05, 4.69) is 29.1 Å².